The first-order valence-electron chi connectivity index (χ1n) is 12.6. The lowest BCUT2D eigenvalue weighted by Crippen LogP contribution is -2.25. The molecular formula is C31H38ClNO3. The van der Waals surface area contributed by atoms with E-state index in [4.69, 9.17) is 14.2 Å². The minimum atomic E-state index is 0. The van der Waals surface area contributed by atoms with Crippen molar-refractivity contribution >= 4 is 23.6 Å². The smallest absolute Gasteiger partial charge is 0.119 e. The molecule has 1 aliphatic heterocycles. The highest BCUT2D eigenvalue weighted by Crippen LogP contribution is 2.38. The van der Waals surface area contributed by atoms with Gasteiger partial charge in [-0.05, 0) is 96.1 Å². The molecule has 1 fully saturated rings. The van der Waals surface area contributed by atoms with Crippen molar-refractivity contribution in [2.24, 2.45) is 5.92 Å². The molecule has 4 nitrogen and oxygen atoms in total. The minimum Gasteiger partial charge on any atom is -0.497 e. The minimum absolute atomic E-state index is 0. The zero-order chi connectivity index (χ0) is 24.6. The molecule has 0 aromatic heterocycles. The predicted octanol–water partition coefficient (Wildman–Crippen LogP) is 7.22. The van der Waals surface area contributed by atoms with Crippen molar-refractivity contribution in [2.75, 3.05) is 40.5 Å². The van der Waals surface area contributed by atoms with Crippen LogP contribution in [0.5, 0.6) is 17.2 Å². The van der Waals surface area contributed by atoms with Crippen molar-refractivity contribution in [3.8, 4) is 17.2 Å². The first kappa shape index (κ1) is 27.6. The summed E-state index contributed by atoms with van der Waals surface area (Å²) in [4.78, 5) is 2.47. The molecule has 192 valence electrons. The molecule has 1 saturated heterocycles. The van der Waals surface area contributed by atoms with Crippen molar-refractivity contribution < 1.29 is 14.2 Å². The number of nitrogens with zero attached hydrogens (tertiary/aromatic N) is 1. The van der Waals surface area contributed by atoms with Crippen molar-refractivity contribution in [1.82, 2.24) is 4.90 Å². The molecule has 0 aliphatic carbocycles. The second-order valence-electron chi connectivity index (χ2n) is 9.32. The molecular weight excluding hydrogens is 470 g/mol. The monoisotopic (exact) mass is 507 g/mol. The first-order valence-corrected chi connectivity index (χ1v) is 12.6. The van der Waals surface area contributed by atoms with Gasteiger partial charge in [0.05, 0.1) is 14.2 Å². The SMILES string of the molecule is COc1ccc(/C(=C(/c2ccc(OC)cc2)C(C)C)c2ccc(OCCN3CCCC3)cc2)cc1.Cl. The molecule has 0 N–H and O–H groups in total. The van der Waals surface area contributed by atoms with Crippen molar-refractivity contribution in [3.63, 3.8) is 0 Å². The molecule has 1 heterocycles. The Bertz CT molecular complexity index is 1100. The van der Waals surface area contributed by atoms with Gasteiger partial charge in [-0.1, -0.05) is 50.2 Å². The van der Waals surface area contributed by atoms with Gasteiger partial charge in [0.1, 0.15) is 23.9 Å². The van der Waals surface area contributed by atoms with Gasteiger partial charge >= 0.3 is 0 Å². The van der Waals surface area contributed by atoms with E-state index in [0.29, 0.717) is 5.92 Å². The largest absolute Gasteiger partial charge is 0.497 e. The van der Waals surface area contributed by atoms with Crippen LogP contribution < -0.4 is 14.2 Å². The average molecular weight is 508 g/mol. The van der Waals surface area contributed by atoms with E-state index in [1.807, 2.05) is 24.3 Å². The van der Waals surface area contributed by atoms with Crippen LogP contribution in [0.25, 0.3) is 11.1 Å². The third-order valence-electron chi connectivity index (χ3n) is 6.64. The van der Waals surface area contributed by atoms with E-state index < -0.39 is 0 Å². The maximum absolute atomic E-state index is 6.07. The number of likely N-dealkylation sites (tertiary alicyclic amines) is 1. The van der Waals surface area contributed by atoms with Gasteiger partial charge in [0, 0.05) is 6.54 Å². The van der Waals surface area contributed by atoms with Crippen LogP contribution in [0.3, 0.4) is 0 Å². The Kier molecular flexibility index (Phi) is 10.3. The Morgan fingerprint density at radius 1 is 0.694 bits per heavy atom. The fourth-order valence-electron chi connectivity index (χ4n) is 4.79. The standard InChI is InChI=1S/C31H37NO3.ClH/c1-23(2)30(24-7-13-27(33-3)14-8-24)31(25-9-15-28(34-4)16-10-25)26-11-17-29(18-12-26)35-22-21-32-19-5-6-20-32;/h7-18,23H,5-6,19-22H2,1-4H3;1H/b31-30-;. The van der Waals surface area contributed by atoms with E-state index in [2.05, 4.69) is 67.3 Å². The highest BCUT2D eigenvalue weighted by molar-refractivity contribution is 5.99. The average Bonchev–Trinajstić information content (AvgIpc) is 3.41. The van der Waals surface area contributed by atoms with Crippen LogP contribution in [0, 0.1) is 5.92 Å². The molecule has 0 radical (unpaired) electrons. The normalized spacial score (nSPS) is 14.2. The molecule has 3 aromatic rings. The maximum Gasteiger partial charge on any atom is 0.119 e. The quantitative estimate of drug-likeness (QED) is 0.271. The van der Waals surface area contributed by atoms with E-state index in [1.54, 1.807) is 14.2 Å². The van der Waals surface area contributed by atoms with Gasteiger partial charge in [-0.15, -0.1) is 12.4 Å². The summed E-state index contributed by atoms with van der Waals surface area (Å²) in [5.41, 5.74) is 6.03. The topological polar surface area (TPSA) is 30.9 Å². The molecule has 0 spiro atoms. The van der Waals surface area contributed by atoms with Crippen LogP contribution in [0.15, 0.2) is 72.8 Å². The number of ether oxygens (including phenoxy) is 3. The van der Waals surface area contributed by atoms with E-state index in [-0.39, 0.29) is 12.4 Å². The molecule has 5 heteroatoms. The fourth-order valence-corrected chi connectivity index (χ4v) is 4.79. The third kappa shape index (κ3) is 6.83. The number of allylic oxidation sites excluding steroid dienone is 1. The summed E-state index contributed by atoms with van der Waals surface area (Å²) in [5, 5.41) is 0. The number of hydrogen-bond donors (Lipinski definition) is 0. The Morgan fingerprint density at radius 3 is 1.58 bits per heavy atom. The Labute approximate surface area is 222 Å². The van der Waals surface area contributed by atoms with Gasteiger partial charge < -0.3 is 14.2 Å². The summed E-state index contributed by atoms with van der Waals surface area (Å²) in [7, 11) is 3.40. The van der Waals surface area contributed by atoms with Gasteiger partial charge in [-0.3, -0.25) is 4.90 Å². The van der Waals surface area contributed by atoms with E-state index in [1.165, 1.54) is 48.2 Å². The van der Waals surface area contributed by atoms with Crippen molar-refractivity contribution in [1.29, 1.82) is 0 Å². The lowest BCUT2D eigenvalue weighted by atomic mass is 9.84. The van der Waals surface area contributed by atoms with Gasteiger partial charge in [-0.2, -0.15) is 0 Å². The summed E-state index contributed by atoms with van der Waals surface area (Å²) in [5.74, 6) is 2.94. The molecule has 0 saturated carbocycles. The number of hydrogen-bond acceptors (Lipinski definition) is 4. The van der Waals surface area contributed by atoms with Crippen LogP contribution in [-0.2, 0) is 0 Å². The Morgan fingerprint density at radius 2 is 1.14 bits per heavy atom. The van der Waals surface area contributed by atoms with E-state index >= 15 is 0 Å². The number of benzene rings is 3. The second kappa shape index (κ2) is 13.4. The van der Waals surface area contributed by atoms with Gasteiger partial charge in [-0.25, -0.2) is 0 Å². The predicted molar refractivity (Wildman–Crippen MR) is 152 cm³/mol. The molecule has 36 heavy (non-hydrogen) atoms. The summed E-state index contributed by atoms with van der Waals surface area (Å²) >= 11 is 0. The fraction of sp³-hybridized carbons (Fsp3) is 0.355. The molecule has 4 rings (SSSR count). The zero-order valence-corrected chi connectivity index (χ0v) is 22.6. The van der Waals surface area contributed by atoms with Gasteiger partial charge in [0.25, 0.3) is 0 Å². The molecule has 3 aromatic carbocycles. The summed E-state index contributed by atoms with van der Waals surface area (Å²) < 4.78 is 16.9. The summed E-state index contributed by atoms with van der Waals surface area (Å²) in [6.45, 7) is 8.61. The van der Waals surface area contributed by atoms with Crippen LogP contribution in [0.4, 0.5) is 0 Å². The highest BCUT2D eigenvalue weighted by atomic mass is 35.5. The Balaban J connectivity index is 0.00000361. The van der Waals surface area contributed by atoms with Crippen molar-refractivity contribution in [3.05, 3.63) is 89.5 Å². The molecule has 0 unspecified atom stereocenters. The molecule has 0 amide bonds. The highest BCUT2D eigenvalue weighted by Gasteiger charge is 2.18. The van der Waals surface area contributed by atoms with Crippen LogP contribution in [0.2, 0.25) is 0 Å². The third-order valence-corrected chi connectivity index (χ3v) is 6.64. The molecule has 1 aliphatic rings. The van der Waals surface area contributed by atoms with E-state index in [9.17, 15) is 0 Å². The van der Waals surface area contributed by atoms with E-state index in [0.717, 1.165) is 36.0 Å². The number of methoxy groups -OCH3 is 2. The summed E-state index contributed by atoms with van der Waals surface area (Å²) in [6, 6.07) is 25.2. The van der Waals surface area contributed by atoms with Gasteiger partial charge in [0.15, 0.2) is 0 Å². The first-order chi connectivity index (χ1) is 17.1. The van der Waals surface area contributed by atoms with Crippen LogP contribution in [-0.4, -0.2) is 45.4 Å². The maximum atomic E-state index is 6.07. The van der Waals surface area contributed by atoms with Crippen LogP contribution in [0.1, 0.15) is 43.4 Å². The van der Waals surface area contributed by atoms with Crippen LogP contribution >= 0.6 is 12.4 Å². The molecule has 0 atom stereocenters. The number of halogens is 1. The lowest BCUT2D eigenvalue weighted by molar-refractivity contribution is 0.238. The summed E-state index contributed by atoms with van der Waals surface area (Å²) in [6.07, 6.45) is 2.61. The molecule has 0 bridgehead atoms. The lowest BCUT2D eigenvalue weighted by Gasteiger charge is -2.21. The van der Waals surface area contributed by atoms with Crippen molar-refractivity contribution in [2.45, 2.75) is 26.7 Å². The van der Waals surface area contributed by atoms with Gasteiger partial charge in [0.2, 0.25) is 0 Å². The number of rotatable bonds is 10. The second-order valence-corrected chi connectivity index (χ2v) is 9.32. The zero-order valence-electron chi connectivity index (χ0n) is 21.8. The Hall–Kier alpha value is -2.95.